The van der Waals surface area contributed by atoms with E-state index in [0.29, 0.717) is 22.8 Å². The van der Waals surface area contributed by atoms with Crippen molar-refractivity contribution in [2.45, 2.75) is 97.9 Å². The van der Waals surface area contributed by atoms with Gasteiger partial charge in [-0.05, 0) is 110 Å². The van der Waals surface area contributed by atoms with Crippen LogP contribution in [0, 0.1) is 40.4 Å². The van der Waals surface area contributed by atoms with Crippen molar-refractivity contribution in [2.75, 3.05) is 18.6 Å². The molecule has 1 heterocycles. The van der Waals surface area contributed by atoms with Crippen LogP contribution in [0.15, 0.2) is 0 Å². The Bertz CT molecular complexity index is 608. The molecule has 0 aromatic heterocycles. The first-order chi connectivity index (χ1) is 13.8. The zero-order valence-electron chi connectivity index (χ0n) is 19.7. The second-order valence-corrected chi connectivity index (χ2v) is 12.9. The van der Waals surface area contributed by atoms with Crippen molar-refractivity contribution in [2.24, 2.45) is 40.4 Å². The number of amides is 1. The van der Waals surface area contributed by atoms with E-state index in [1.807, 2.05) is 0 Å². The second-order valence-electron chi connectivity index (χ2n) is 11.5. The maximum absolute atomic E-state index is 12.4. The Balaban J connectivity index is 1.47. The highest BCUT2D eigenvalue weighted by molar-refractivity contribution is 7.99. The third-order valence-electron chi connectivity index (χ3n) is 10.5. The van der Waals surface area contributed by atoms with Gasteiger partial charge in [-0.25, -0.2) is 0 Å². The number of nitrogens with zero attached hydrogens (tertiary/aromatic N) is 1. The van der Waals surface area contributed by atoms with Crippen molar-refractivity contribution in [3.63, 3.8) is 0 Å². The summed E-state index contributed by atoms with van der Waals surface area (Å²) in [5.74, 6) is 7.56. The first-order valence-corrected chi connectivity index (χ1v) is 13.8. The lowest BCUT2D eigenvalue weighted by molar-refractivity contribution is -0.158. The van der Waals surface area contributed by atoms with E-state index in [2.05, 4.69) is 51.4 Å². The predicted octanol–water partition coefficient (Wildman–Crippen LogP) is 6.64. The number of hydrogen-bond donors (Lipinski definition) is 0. The number of rotatable bonds is 6. The fraction of sp³-hybridized carbons (Fsp3) is 0.962. The summed E-state index contributed by atoms with van der Waals surface area (Å²) in [5.41, 5.74) is 0.950. The molecule has 4 fully saturated rings. The molecular formula is C26H45NOS. The number of carbonyl (C=O) groups excluding carboxylic acids is 1. The Hall–Kier alpha value is -0.180. The molecule has 1 unspecified atom stereocenters. The third-order valence-corrected chi connectivity index (χ3v) is 11.5. The minimum absolute atomic E-state index is 0.369. The molecule has 8 atom stereocenters. The van der Waals surface area contributed by atoms with Crippen molar-refractivity contribution in [3.05, 3.63) is 0 Å². The van der Waals surface area contributed by atoms with E-state index in [9.17, 15) is 4.79 Å². The quantitative estimate of drug-likeness (QED) is 0.450. The molecule has 3 saturated carbocycles. The minimum atomic E-state index is 0.369. The van der Waals surface area contributed by atoms with Crippen LogP contribution < -0.4 is 0 Å². The molecule has 4 rings (SSSR count). The van der Waals surface area contributed by atoms with Gasteiger partial charge in [-0.2, -0.15) is 11.8 Å². The van der Waals surface area contributed by atoms with Gasteiger partial charge in [-0.15, -0.1) is 0 Å². The molecule has 0 bridgehead atoms. The van der Waals surface area contributed by atoms with E-state index in [-0.39, 0.29) is 0 Å². The molecule has 0 radical (unpaired) electrons. The molecule has 1 amide bonds. The van der Waals surface area contributed by atoms with E-state index >= 15 is 0 Å². The van der Waals surface area contributed by atoms with Crippen LogP contribution in [0.25, 0.3) is 0 Å². The average Bonchev–Trinajstić information content (AvgIpc) is 3.06. The van der Waals surface area contributed by atoms with Crippen molar-refractivity contribution < 1.29 is 4.79 Å². The van der Waals surface area contributed by atoms with Gasteiger partial charge in [-0.1, -0.05) is 27.7 Å². The van der Waals surface area contributed by atoms with Gasteiger partial charge >= 0.3 is 0 Å². The topological polar surface area (TPSA) is 20.3 Å². The molecular weight excluding hydrogens is 374 g/mol. The van der Waals surface area contributed by atoms with Crippen LogP contribution in [0.2, 0.25) is 0 Å². The summed E-state index contributed by atoms with van der Waals surface area (Å²) in [6, 6.07) is 0.501. The summed E-state index contributed by atoms with van der Waals surface area (Å²) in [6.07, 6.45) is 13.2. The highest BCUT2D eigenvalue weighted by Crippen LogP contribution is 2.67. The van der Waals surface area contributed by atoms with Gasteiger partial charge in [0.15, 0.2) is 0 Å². The van der Waals surface area contributed by atoms with E-state index in [4.69, 9.17) is 0 Å². The lowest BCUT2D eigenvalue weighted by atomic mass is 9.46. The van der Waals surface area contributed by atoms with Crippen LogP contribution in [0.1, 0.15) is 91.9 Å². The lowest BCUT2D eigenvalue weighted by Gasteiger charge is -2.62. The van der Waals surface area contributed by atoms with E-state index < -0.39 is 0 Å². The average molecular weight is 420 g/mol. The fourth-order valence-corrected chi connectivity index (χ4v) is 9.64. The third kappa shape index (κ3) is 3.60. The van der Waals surface area contributed by atoms with E-state index in [0.717, 1.165) is 42.4 Å². The molecule has 0 aromatic rings. The van der Waals surface area contributed by atoms with Gasteiger partial charge in [0, 0.05) is 19.5 Å². The monoisotopic (exact) mass is 419 g/mol. The normalized spacial score (nSPS) is 45.5. The maximum atomic E-state index is 12.4. The van der Waals surface area contributed by atoms with Crippen molar-refractivity contribution in [3.8, 4) is 0 Å². The number of likely N-dealkylation sites (tertiary alicyclic amines) is 1. The number of piperidine rings is 1. The van der Waals surface area contributed by atoms with Gasteiger partial charge < -0.3 is 4.90 Å². The molecule has 166 valence electrons. The summed E-state index contributed by atoms with van der Waals surface area (Å²) in [7, 11) is 2.09. The molecule has 3 heteroatoms. The Labute approximate surface area is 184 Å². The van der Waals surface area contributed by atoms with Gasteiger partial charge in [-0.3, -0.25) is 4.79 Å². The summed E-state index contributed by atoms with van der Waals surface area (Å²) in [5, 5.41) is 0. The lowest BCUT2D eigenvalue weighted by Crippen LogP contribution is -2.61. The standard InChI is InChI=1S/C26H45NOS/c1-6-29-17-7-8-18(2)20-10-11-21-19-9-12-23-26(4,16-14-24(28)27(23)5)22(19)13-15-25(20,21)3/h18-23H,6-17H2,1-5H3/t18?,19-,20+,21-,22-,23+,25+,26+/m0/s1. The van der Waals surface area contributed by atoms with Gasteiger partial charge in [0.1, 0.15) is 0 Å². The smallest absolute Gasteiger partial charge is 0.222 e. The molecule has 4 aliphatic rings. The second kappa shape index (κ2) is 8.40. The Morgan fingerprint density at radius 1 is 1.07 bits per heavy atom. The van der Waals surface area contributed by atoms with Crippen LogP contribution in [0.3, 0.4) is 0 Å². The molecule has 3 aliphatic carbocycles. The van der Waals surface area contributed by atoms with Crippen LogP contribution in [0.5, 0.6) is 0 Å². The van der Waals surface area contributed by atoms with Gasteiger partial charge in [0.2, 0.25) is 5.91 Å². The highest BCUT2D eigenvalue weighted by Gasteiger charge is 2.61. The molecule has 1 saturated heterocycles. The number of thioether (sulfide) groups is 1. The zero-order chi connectivity index (χ0) is 20.8. The van der Waals surface area contributed by atoms with E-state index in [1.54, 1.807) is 0 Å². The number of hydrogen-bond acceptors (Lipinski definition) is 2. The Morgan fingerprint density at radius 3 is 2.59 bits per heavy atom. The highest BCUT2D eigenvalue weighted by atomic mass is 32.2. The largest absolute Gasteiger partial charge is 0.342 e. The molecule has 29 heavy (non-hydrogen) atoms. The summed E-state index contributed by atoms with van der Waals surface area (Å²) >= 11 is 2.11. The molecule has 0 N–H and O–H groups in total. The summed E-state index contributed by atoms with van der Waals surface area (Å²) in [4.78, 5) is 14.5. The number of carbonyl (C=O) groups is 1. The summed E-state index contributed by atoms with van der Waals surface area (Å²) in [6.45, 7) is 10.1. The predicted molar refractivity (Wildman–Crippen MR) is 125 cm³/mol. The molecule has 0 spiro atoms. The van der Waals surface area contributed by atoms with Crippen LogP contribution in [0.4, 0.5) is 0 Å². The summed E-state index contributed by atoms with van der Waals surface area (Å²) < 4.78 is 0. The van der Waals surface area contributed by atoms with Crippen LogP contribution in [-0.2, 0) is 4.79 Å². The maximum Gasteiger partial charge on any atom is 0.222 e. The fourth-order valence-electron chi connectivity index (χ4n) is 8.98. The molecule has 2 nitrogen and oxygen atoms in total. The van der Waals surface area contributed by atoms with Crippen LogP contribution in [-0.4, -0.2) is 35.4 Å². The molecule has 0 aromatic carbocycles. The first-order valence-electron chi connectivity index (χ1n) is 12.7. The van der Waals surface area contributed by atoms with E-state index in [1.165, 1.54) is 62.9 Å². The van der Waals surface area contributed by atoms with Crippen molar-refractivity contribution in [1.29, 1.82) is 0 Å². The van der Waals surface area contributed by atoms with Crippen LogP contribution >= 0.6 is 11.8 Å². The minimum Gasteiger partial charge on any atom is -0.342 e. The van der Waals surface area contributed by atoms with Gasteiger partial charge in [0.25, 0.3) is 0 Å². The molecule has 1 aliphatic heterocycles. The Morgan fingerprint density at radius 2 is 1.83 bits per heavy atom. The van der Waals surface area contributed by atoms with Crippen molar-refractivity contribution in [1.82, 2.24) is 4.90 Å². The first kappa shape index (κ1) is 22.0. The Kier molecular flexibility index (Phi) is 6.38. The van der Waals surface area contributed by atoms with Gasteiger partial charge in [0.05, 0.1) is 0 Å². The van der Waals surface area contributed by atoms with Crippen molar-refractivity contribution >= 4 is 17.7 Å². The number of fused-ring (bicyclic) bond motifs is 5. The zero-order valence-corrected chi connectivity index (χ0v) is 20.5. The SMILES string of the molecule is CCSCCCC(C)[C@H]1CC[C@H]2[C@@H]3CC[C@H]4N(C)C(=O)CC[C@]4(C)[C@H]3CC[C@]12C.